The standard InChI is InChI=1S/C18H29O3PSi/c1-6-20-22(19,21-7-2)18(15-16-23(3,4)5)14-13-17-11-9-8-10-12-17/h8-12,18H,6-7,13-14H2,1-5H3/t18-/m1/s1. The largest absolute Gasteiger partial charge is 0.345 e. The summed E-state index contributed by atoms with van der Waals surface area (Å²) in [6.07, 6.45) is 1.49. The fourth-order valence-corrected chi connectivity index (χ4v) is 4.69. The van der Waals surface area contributed by atoms with Crippen LogP contribution in [0.15, 0.2) is 30.3 Å². The fourth-order valence-electron chi connectivity index (χ4n) is 2.13. The van der Waals surface area contributed by atoms with Gasteiger partial charge in [0, 0.05) is 0 Å². The molecule has 0 amide bonds. The number of hydrogen-bond donors (Lipinski definition) is 0. The van der Waals surface area contributed by atoms with Gasteiger partial charge in [-0.2, -0.15) is 0 Å². The van der Waals surface area contributed by atoms with Gasteiger partial charge in [-0.15, -0.1) is 5.54 Å². The van der Waals surface area contributed by atoms with Crippen LogP contribution in [0, 0.1) is 11.5 Å². The van der Waals surface area contributed by atoms with Crippen LogP contribution in [-0.2, 0) is 20.0 Å². The van der Waals surface area contributed by atoms with Gasteiger partial charge in [-0.05, 0) is 32.3 Å². The second kappa shape index (κ2) is 9.44. The summed E-state index contributed by atoms with van der Waals surface area (Å²) >= 11 is 0. The molecule has 1 aromatic carbocycles. The zero-order chi connectivity index (χ0) is 17.3. The van der Waals surface area contributed by atoms with Crippen molar-refractivity contribution in [1.82, 2.24) is 0 Å². The van der Waals surface area contributed by atoms with E-state index in [1.807, 2.05) is 32.0 Å². The Hall–Kier alpha value is -0.853. The highest BCUT2D eigenvalue weighted by Gasteiger charge is 2.34. The number of aryl methyl sites for hydroxylation is 1. The fraction of sp³-hybridized carbons (Fsp3) is 0.556. The summed E-state index contributed by atoms with van der Waals surface area (Å²) in [5.74, 6) is 3.24. The monoisotopic (exact) mass is 352 g/mol. The van der Waals surface area contributed by atoms with Crippen LogP contribution in [0.5, 0.6) is 0 Å². The van der Waals surface area contributed by atoms with Gasteiger partial charge < -0.3 is 9.05 Å². The zero-order valence-corrected chi connectivity index (χ0v) is 16.9. The number of hydrogen-bond acceptors (Lipinski definition) is 3. The minimum Gasteiger partial charge on any atom is -0.308 e. The van der Waals surface area contributed by atoms with Gasteiger partial charge in [-0.3, -0.25) is 4.57 Å². The Morgan fingerprint density at radius 1 is 1.09 bits per heavy atom. The Morgan fingerprint density at radius 2 is 1.65 bits per heavy atom. The lowest BCUT2D eigenvalue weighted by Gasteiger charge is -2.23. The second-order valence-electron chi connectivity index (χ2n) is 6.43. The molecule has 0 saturated carbocycles. The topological polar surface area (TPSA) is 35.5 Å². The molecule has 0 bridgehead atoms. The van der Waals surface area contributed by atoms with Gasteiger partial charge in [0.2, 0.25) is 0 Å². The van der Waals surface area contributed by atoms with E-state index in [9.17, 15) is 4.57 Å². The van der Waals surface area contributed by atoms with Crippen molar-refractivity contribution < 1.29 is 13.6 Å². The van der Waals surface area contributed by atoms with Gasteiger partial charge in [0.1, 0.15) is 13.7 Å². The first-order valence-corrected chi connectivity index (χ1v) is 13.4. The quantitative estimate of drug-likeness (QED) is 0.369. The molecule has 3 nitrogen and oxygen atoms in total. The summed E-state index contributed by atoms with van der Waals surface area (Å²) in [5, 5.41) is 0. The van der Waals surface area contributed by atoms with E-state index in [4.69, 9.17) is 9.05 Å². The molecule has 0 aliphatic carbocycles. The van der Waals surface area contributed by atoms with Crippen LogP contribution in [0.1, 0.15) is 25.8 Å². The lowest BCUT2D eigenvalue weighted by Crippen LogP contribution is -2.19. The van der Waals surface area contributed by atoms with Crippen LogP contribution in [0.25, 0.3) is 0 Å². The van der Waals surface area contributed by atoms with E-state index in [0.717, 1.165) is 6.42 Å². The average Bonchev–Trinajstić information content (AvgIpc) is 2.47. The molecule has 0 N–H and O–H groups in total. The molecule has 1 atom stereocenters. The molecular weight excluding hydrogens is 323 g/mol. The Labute approximate surface area is 142 Å². The molecule has 5 heteroatoms. The first-order valence-electron chi connectivity index (χ1n) is 8.26. The maximum Gasteiger partial charge on any atom is 0.345 e. The predicted octanol–water partition coefficient (Wildman–Crippen LogP) is 5.13. The molecule has 23 heavy (non-hydrogen) atoms. The van der Waals surface area contributed by atoms with Gasteiger partial charge in [0.15, 0.2) is 0 Å². The number of rotatable bonds is 8. The van der Waals surface area contributed by atoms with Crippen LogP contribution in [0.2, 0.25) is 19.6 Å². The van der Waals surface area contributed by atoms with Crippen LogP contribution in [0.3, 0.4) is 0 Å². The molecule has 1 rings (SSSR count). The lowest BCUT2D eigenvalue weighted by molar-refractivity contribution is 0.215. The van der Waals surface area contributed by atoms with Crippen LogP contribution in [-0.4, -0.2) is 26.9 Å². The summed E-state index contributed by atoms with van der Waals surface area (Å²) in [5.41, 5.74) is 4.19. The first-order chi connectivity index (χ1) is 10.8. The molecule has 0 aliphatic rings. The molecule has 0 aliphatic heterocycles. The molecule has 0 spiro atoms. The van der Waals surface area contributed by atoms with Crippen molar-refractivity contribution in [1.29, 1.82) is 0 Å². The summed E-state index contributed by atoms with van der Waals surface area (Å²) in [4.78, 5) is 0. The molecular formula is C18H29O3PSi. The van der Waals surface area contributed by atoms with E-state index in [0.29, 0.717) is 19.6 Å². The third-order valence-corrected chi connectivity index (χ3v) is 6.44. The minimum absolute atomic E-state index is 0.366. The van der Waals surface area contributed by atoms with E-state index in [1.54, 1.807) is 0 Å². The van der Waals surface area contributed by atoms with Crippen molar-refractivity contribution in [3.63, 3.8) is 0 Å². The highest BCUT2D eigenvalue weighted by atomic mass is 31.2. The summed E-state index contributed by atoms with van der Waals surface area (Å²) < 4.78 is 24.2. The SMILES string of the molecule is CCOP(=O)(OCC)[C@@H](C#C[Si](C)(C)C)CCc1ccccc1. The van der Waals surface area contributed by atoms with E-state index < -0.39 is 15.7 Å². The van der Waals surface area contributed by atoms with Gasteiger partial charge >= 0.3 is 7.60 Å². The van der Waals surface area contributed by atoms with Crippen molar-refractivity contribution in [2.45, 2.75) is 52.0 Å². The predicted molar refractivity (Wildman–Crippen MR) is 101 cm³/mol. The van der Waals surface area contributed by atoms with Crippen LogP contribution < -0.4 is 0 Å². The van der Waals surface area contributed by atoms with Gasteiger partial charge in [0.05, 0.1) is 13.2 Å². The molecule has 0 saturated heterocycles. The average molecular weight is 352 g/mol. The van der Waals surface area contributed by atoms with E-state index in [2.05, 4.69) is 43.2 Å². The molecule has 0 heterocycles. The maximum absolute atomic E-state index is 13.1. The van der Waals surface area contributed by atoms with Gasteiger partial charge in [-0.1, -0.05) is 55.9 Å². The van der Waals surface area contributed by atoms with Crippen molar-refractivity contribution in [2.24, 2.45) is 0 Å². The molecule has 1 aromatic rings. The summed E-state index contributed by atoms with van der Waals surface area (Å²) in [7, 11) is -4.75. The van der Waals surface area contributed by atoms with Crippen molar-refractivity contribution in [3.8, 4) is 11.5 Å². The number of benzene rings is 1. The summed E-state index contributed by atoms with van der Waals surface area (Å²) in [6, 6.07) is 10.2. The zero-order valence-electron chi connectivity index (χ0n) is 15.0. The molecule has 0 unspecified atom stereocenters. The van der Waals surface area contributed by atoms with Crippen molar-refractivity contribution in [3.05, 3.63) is 35.9 Å². The molecule has 0 radical (unpaired) electrons. The van der Waals surface area contributed by atoms with Crippen LogP contribution >= 0.6 is 7.60 Å². The van der Waals surface area contributed by atoms with Gasteiger partial charge in [0.25, 0.3) is 0 Å². The van der Waals surface area contributed by atoms with E-state index in [1.165, 1.54) is 5.56 Å². The second-order valence-corrected chi connectivity index (χ2v) is 13.4. The van der Waals surface area contributed by atoms with E-state index >= 15 is 0 Å². The Morgan fingerprint density at radius 3 is 2.13 bits per heavy atom. The molecule has 128 valence electrons. The van der Waals surface area contributed by atoms with Crippen molar-refractivity contribution >= 4 is 15.7 Å². The maximum atomic E-state index is 13.1. The van der Waals surface area contributed by atoms with Crippen LogP contribution in [0.4, 0.5) is 0 Å². The Bertz CT molecular complexity index is 559. The molecule has 0 aromatic heterocycles. The highest BCUT2D eigenvalue weighted by Crippen LogP contribution is 2.54. The minimum atomic E-state index is -3.20. The lowest BCUT2D eigenvalue weighted by atomic mass is 10.1. The Balaban J connectivity index is 2.99. The normalized spacial score (nSPS) is 13.3. The third kappa shape index (κ3) is 7.50. The van der Waals surface area contributed by atoms with E-state index in [-0.39, 0.29) is 5.66 Å². The Kier molecular flexibility index (Phi) is 8.29. The summed E-state index contributed by atoms with van der Waals surface area (Å²) in [6.45, 7) is 11.0. The highest BCUT2D eigenvalue weighted by molar-refractivity contribution is 7.55. The van der Waals surface area contributed by atoms with Gasteiger partial charge in [-0.25, -0.2) is 0 Å². The third-order valence-electron chi connectivity index (χ3n) is 3.16. The van der Waals surface area contributed by atoms with Crippen molar-refractivity contribution in [2.75, 3.05) is 13.2 Å². The molecule has 0 fully saturated rings. The first kappa shape index (κ1) is 20.2. The smallest absolute Gasteiger partial charge is 0.308 e.